The van der Waals surface area contributed by atoms with E-state index in [0.29, 0.717) is 12.2 Å². The van der Waals surface area contributed by atoms with Crippen molar-refractivity contribution in [3.8, 4) is 0 Å². The van der Waals surface area contributed by atoms with E-state index in [2.05, 4.69) is 27.9 Å². The predicted octanol–water partition coefficient (Wildman–Crippen LogP) is 1.65. The van der Waals surface area contributed by atoms with E-state index in [-0.39, 0.29) is 0 Å². The van der Waals surface area contributed by atoms with E-state index < -0.39 is 0 Å². The van der Waals surface area contributed by atoms with Gasteiger partial charge < -0.3 is 9.22 Å². The Bertz CT molecular complexity index is 131. The van der Waals surface area contributed by atoms with Gasteiger partial charge >= 0.3 is 0 Å². The highest BCUT2D eigenvalue weighted by atomic mass is 16.5. The number of rotatable bonds is 2. The third-order valence-corrected chi connectivity index (χ3v) is 2.69. The van der Waals surface area contributed by atoms with Crippen molar-refractivity contribution >= 4 is 0 Å². The standard InChI is InChI=1S/C10H22NO/c1-5-9-7-11(3,4)8-10(6-2)12-9/h9-10H,5-8H2,1-4H3/q+1. The Morgan fingerprint density at radius 3 is 1.83 bits per heavy atom. The highest BCUT2D eigenvalue weighted by Gasteiger charge is 2.32. The minimum Gasteiger partial charge on any atom is -0.363 e. The Hall–Kier alpha value is -0.0800. The van der Waals surface area contributed by atoms with Crippen molar-refractivity contribution < 1.29 is 9.22 Å². The summed E-state index contributed by atoms with van der Waals surface area (Å²) in [6.45, 7) is 6.77. The number of morpholine rings is 1. The van der Waals surface area contributed by atoms with E-state index >= 15 is 0 Å². The van der Waals surface area contributed by atoms with Crippen molar-refractivity contribution in [2.75, 3.05) is 27.2 Å². The maximum absolute atomic E-state index is 5.90. The van der Waals surface area contributed by atoms with E-state index in [1.807, 2.05) is 0 Å². The third-order valence-electron chi connectivity index (χ3n) is 2.69. The van der Waals surface area contributed by atoms with Crippen LogP contribution in [0.15, 0.2) is 0 Å². The summed E-state index contributed by atoms with van der Waals surface area (Å²) in [7, 11) is 4.60. The Balaban J connectivity index is 2.53. The predicted molar refractivity (Wildman–Crippen MR) is 51.1 cm³/mol. The van der Waals surface area contributed by atoms with Gasteiger partial charge in [-0.1, -0.05) is 13.8 Å². The molecule has 1 heterocycles. The molecular weight excluding hydrogens is 150 g/mol. The van der Waals surface area contributed by atoms with Crippen LogP contribution < -0.4 is 0 Å². The fraction of sp³-hybridized carbons (Fsp3) is 1.00. The van der Waals surface area contributed by atoms with Crippen molar-refractivity contribution in [3.05, 3.63) is 0 Å². The number of hydrogen-bond donors (Lipinski definition) is 0. The van der Waals surface area contributed by atoms with Crippen LogP contribution in [0.25, 0.3) is 0 Å². The second-order valence-electron chi connectivity index (χ2n) is 4.50. The highest BCUT2D eigenvalue weighted by molar-refractivity contribution is 4.66. The van der Waals surface area contributed by atoms with Gasteiger partial charge in [-0.05, 0) is 12.8 Å². The molecule has 0 N–H and O–H groups in total. The van der Waals surface area contributed by atoms with E-state index in [1.165, 1.54) is 13.1 Å². The summed E-state index contributed by atoms with van der Waals surface area (Å²) in [6, 6.07) is 0. The monoisotopic (exact) mass is 172 g/mol. The molecule has 2 nitrogen and oxygen atoms in total. The molecular formula is C10H22NO+. The second kappa shape index (κ2) is 3.75. The fourth-order valence-electron chi connectivity index (χ4n) is 1.99. The zero-order chi connectivity index (χ0) is 9.19. The van der Waals surface area contributed by atoms with Gasteiger partial charge in [0.2, 0.25) is 0 Å². The van der Waals surface area contributed by atoms with Gasteiger partial charge in [-0.2, -0.15) is 0 Å². The average Bonchev–Trinajstić information content (AvgIpc) is 2.01. The van der Waals surface area contributed by atoms with Crippen LogP contribution in [0, 0.1) is 0 Å². The van der Waals surface area contributed by atoms with Crippen molar-refractivity contribution in [2.45, 2.75) is 38.9 Å². The molecule has 1 saturated heterocycles. The molecule has 1 fully saturated rings. The molecule has 72 valence electrons. The van der Waals surface area contributed by atoms with Crippen molar-refractivity contribution in [1.29, 1.82) is 0 Å². The van der Waals surface area contributed by atoms with Gasteiger partial charge in [0, 0.05) is 0 Å². The lowest BCUT2D eigenvalue weighted by Gasteiger charge is -2.41. The molecule has 0 bridgehead atoms. The maximum Gasteiger partial charge on any atom is 0.107 e. The Kier molecular flexibility index (Phi) is 3.13. The summed E-state index contributed by atoms with van der Waals surface area (Å²) in [5.41, 5.74) is 0. The summed E-state index contributed by atoms with van der Waals surface area (Å²) in [4.78, 5) is 0. The molecule has 1 aliphatic heterocycles. The van der Waals surface area contributed by atoms with E-state index in [0.717, 1.165) is 17.3 Å². The molecule has 2 heteroatoms. The SMILES string of the molecule is CCC1C[N+](C)(C)CC(CC)O1. The summed E-state index contributed by atoms with van der Waals surface area (Å²) in [6.07, 6.45) is 3.27. The van der Waals surface area contributed by atoms with Crippen LogP contribution in [0.3, 0.4) is 0 Å². The topological polar surface area (TPSA) is 9.23 Å². The average molecular weight is 172 g/mol. The van der Waals surface area contributed by atoms with Gasteiger partial charge in [-0.15, -0.1) is 0 Å². The molecule has 0 saturated carbocycles. The molecule has 0 amide bonds. The molecule has 0 aromatic carbocycles. The van der Waals surface area contributed by atoms with Crippen LogP contribution in [-0.2, 0) is 4.74 Å². The maximum atomic E-state index is 5.90. The zero-order valence-corrected chi connectivity index (χ0v) is 8.84. The molecule has 12 heavy (non-hydrogen) atoms. The molecule has 2 atom stereocenters. The number of hydrogen-bond acceptors (Lipinski definition) is 1. The lowest BCUT2D eigenvalue weighted by atomic mass is 10.1. The third kappa shape index (κ3) is 2.46. The van der Waals surface area contributed by atoms with Crippen LogP contribution >= 0.6 is 0 Å². The van der Waals surface area contributed by atoms with Gasteiger partial charge in [-0.25, -0.2) is 0 Å². The number of likely N-dealkylation sites (N-methyl/N-ethyl adjacent to an activating group) is 1. The first-order valence-corrected chi connectivity index (χ1v) is 5.05. The van der Waals surface area contributed by atoms with E-state index in [9.17, 15) is 0 Å². The molecule has 0 radical (unpaired) electrons. The van der Waals surface area contributed by atoms with Gasteiger partial charge in [0.25, 0.3) is 0 Å². The van der Waals surface area contributed by atoms with Crippen LogP contribution in [0.5, 0.6) is 0 Å². The summed E-state index contributed by atoms with van der Waals surface area (Å²) in [5, 5.41) is 0. The summed E-state index contributed by atoms with van der Waals surface area (Å²) < 4.78 is 7.03. The number of quaternary nitrogens is 1. The molecule has 1 aliphatic rings. The Morgan fingerprint density at radius 1 is 1.08 bits per heavy atom. The summed E-state index contributed by atoms with van der Waals surface area (Å²) >= 11 is 0. The quantitative estimate of drug-likeness (QED) is 0.575. The number of ether oxygens (including phenoxy) is 1. The minimum absolute atomic E-state index is 0.485. The van der Waals surface area contributed by atoms with Gasteiger partial charge in [0.05, 0.1) is 14.1 Å². The molecule has 0 spiro atoms. The first-order chi connectivity index (χ1) is 5.57. The fourth-order valence-corrected chi connectivity index (χ4v) is 1.99. The Labute approximate surface area is 76.1 Å². The van der Waals surface area contributed by atoms with Crippen molar-refractivity contribution in [2.24, 2.45) is 0 Å². The van der Waals surface area contributed by atoms with Crippen LogP contribution in [0.1, 0.15) is 26.7 Å². The lowest BCUT2D eigenvalue weighted by molar-refractivity contribution is -0.905. The zero-order valence-electron chi connectivity index (χ0n) is 8.84. The lowest BCUT2D eigenvalue weighted by Crippen LogP contribution is -2.56. The van der Waals surface area contributed by atoms with Gasteiger partial charge in [-0.3, -0.25) is 0 Å². The second-order valence-corrected chi connectivity index (χ2v) is 4.50. The smallest absolute Gasteiger partial charge is 0.107 e. The van der Waals surface area contributed by atoms with E-state index in [4.69, 9.17) is 4.74 Å². The Morgan fingerprint density at radius 2 is 1.50 bits per heavy atom. The van der Waals surface area contributed by atoms with Crippen molar-refractivity contribution in [3.63, 3.8) is 0 Å². The molecule has 1 rings (SSSR count). The number of nitrogens with zero attached hydrogens (tertiary/aromatic N) is 1. The normalized spacial score (nSPS) is 35.0. The summed E-state index contributed by atoms with van der Waals surface area (Å²) in [5.74, 6) is 0. The van der Waals surface area contributed by atoms with Crippen LogP contribution in [-0.4, -0.2) is 43.9 Å². The highest BCUT2D eigenvalue weighted by Crippen LogP contribution is 2.18. The van der Waals surface area contributed by atoms with Crippen LogP contribution in [0.4, 0.5) is 0 Å². The van der Waals surface area contributed by atoms with Gasteiger partial charge in [0.15, 0.2) is 0 Å². The van der Waals surface area contributed by atoms with Gasteiger partial charge in [0.1, 0.15) is 25.3 Å². The molecule has 0 aliphatic carbocycles. The molecule has 0 aromatic rings. The minimum atomic E-state index is 0.485. The van der Waals surface area contributed by atoms with E-state index in [1.54, 1.807) is 0 Å². The molecule has 2 unspecified atom stereocenters. The first kappa shape index (κ1) is 10.0. The first-order valence-electron chi connectivity index (χ1n) is 5.05. The van der Waals surface area contributed by atoms with Crippen LogP contribution in [0.2, 0.25) is 0 Å². The largest absolute Gasteiger partial charge is 0.363 e. The molecule has 0 aromatic heterocycles. The van der Waals surface area contributed by atoms with Crippen molar-refractivity contribution in [1.82, 2.24) is 0 Å².